The van der Waals surface area contributed by atoms with E-state index in [-0.39, 0.29) is 17.4 Å². The fourth-order valence-electron chi connectivity index (χ4n) is 2.66. The molecule has 0 aliphatic carbocycles. The minimum Gasteiger partial charge on any atom is -0.351 e. The van der Waals surface area contributed by atoms with Crippen LogP contribution in [0.1, 0.15) is 45.0 Å². The first-order valence-corrected chi connectivity index (χ1v) is 7.64. The number of hydrogen-bond acceptors (Lipinski definition) is 4. The largest absolute Gasteiger partial charge is 0.351 e. The Morgan fingerprint density at radius 1 is 1.19 bits per heavy atom. The summed E-state index contributed by atoms with van der Waals surface area (Å²) < 4.78 is 0. The Bertz CT molecular complexity index is 493. The lowest BCUT2D eigenvalue weighted by atomic mass is 9.94. The van der Waals surface area contributed by atoms with Crippen LogP contribution in [0.3, 0.4) is 0 Å². The Hall–Kier alpha value is -1.65. The summed E-state index contributed by atoms with van der Waals surface area (Å²) in [5, 5.41) is 3.07. The van der Waals surface area contributed by atoms with Crippen LogP contribution in [0.15, 0.2) is 6.07 Å². The van der Waals surface area contributed by atoms with E-state index in [4.69, 9.17) is 0 Å². The van der Waals surface area contributed by atoms with Gasteiger partial charge in [-0.3, -0.25) is 4.79 Å². The SMILES string of the molecule is Cc1cc(C)nc(N2CCC(C(=O)NC(C)(C)C)CC2)n1. The number of carbonyl (C=O) groups excluding carboxylic acids is 1. The molecule has 0 saturated carbocycles. The first-order valence-electron chi connectivity index (χ1n) is 7.64. The molecule has 1 aromatic rings. The molecule has 116 valence electrons. The minimum absolute atomic E-state index is 0.103. The highest BCUT2D eigenvalue weighted by atomic mass is 16.2. The Labute approximate surface area is 127 Å². The predicted octanol–water partition coefficient (Wildman–Crippen LogP) is 2.22. The number of piperidine rings is 1. The van der Waals surface area contributed by atoms with Crippen molar-refractivity contribution in [3.63, 3.8) is 0 Å². The van der Waals surface area contributed by atoms with Crippen LogP contribution >= 0.6 is 0 Å². The molecule has 1 fully saturated rings. The van der Waals surface area contributed by atoms with Gasteiger partial charge in [0, 0.05) is 35.9 Å². The molecule has 1 N–H and O–H groups in total. The highest BCUT2D eigenvalue weighted by Gasteiger charge is 2.28. The number of nitrogens with zero attached hydrogens (tertiary/aromatic N) is 3. The molecule has 1 aliphatic rings. The standard InChI is InChI=1S/C16H26N4O/c1-11-10-12(2)18-15(17-11)20-8-6-13(7-9-20)14(21)19-16(3,4)5/h10,13H,6-9H2,1-5H3,(H,19,21). The Balaban J connectivity index is 1.95. The number of nitrogens with one attached hydrogen (secondary N) is 1. The second-order valence-electron chi connectivity index (χ2n) is 6.95. The lowest BCUT2D eigenvalue weighted by Crippen LogP contribution is -2.47. The summed E-state index contributed by atoms with van der Waals surface area (Å²) >= 11 is 0. The zero-order chi connectivity index (χ0) is 15.6. The van der Waals surface area contributed by atoms with Crippen molar-refractivity contribution in [1.82, 2.24) is 15.3 Å². The van der Waals surface area contributed by atoms with Crippen molar-refractivity contribution in [2.45, 2.75) is 53.0 Å². The Kier molecular flexibility index (Phi) is 4.49. The molecule has 0 spiro atoms. The molecule has 0 atom stereocenters. The molecule has 0 radical (unpaired) electrons. The van der Waals surface area contributed by atoms with Gasteiger partial charge in [-0.15, -0.1) is 0 Å². The van der Waals surface area contributed by atoms with Crippen LogP contribution in [0, 0.1) is 19.8 Å². The van der Waals surface area contributed by atoms with Gasteiger partial charge in [0.25, 0.3) is 0 Å². The zero-order valence-corrected chi connectivity index (χ0v) is 13.7. The van der Waals surface area contributed by atoms with Crippen molar-refractivity contribution >= 4 is 11.9 Å². The van der Waals surface area contributed by atoms with Gasteiger partial charge in [0.05, 0.1) is 0 Å². The maximum absolute atomic E-state index is 12.2. The van der Waals surface area contributed by atoms with E-state index >= 15 is 0 Å². The summed E-state index contributed by atoms with van der Waals surface area (Å²) in [5.41, 5.74) is 1.82. The highest BCUT2D eigenvalue weighted by Crippen LogP contribution is 2.22. The summed E-state index contributed by atoms with van der Waals surface area (Å²) in [5.74, 6) is 1.07. The van der Waals surface area contributed by atoms with Crippen molar-refractivity contribution in [2.24, 2.45) is 5.92 Å². The normalized spacial score (nSPS) is 16.9. The average molecular weight is 290 g/mol. The van der Waals surface area contributed by atoms with Crippen LogP contribution in [-0.2, 0) is 4.79 Å². The van der Waals surface area contributed by atoms with E-state index < -0.39 is 0 Å². The quantitative estimate of drug-likeness (QED) is 0.907. The predicted molar refractivity (Wildman–Crippen MR) is 84.3 cm³/mol. The Morgan fingerprint density at radius 2 is 1.71 bits per heavy atom. The van der Waals surface area contributed by atoms with E-state index in [1.54, 1.807) is 0 Å². The highest BCUT2D eigenvalue weighted by molar-refractivity contribution is 5.79. The van der Waals surface area contributed by atoms with Gasteiger partial charge < -0.3 is 10.2 Å². The maximum Gasteiger partial charge on any atom is 0.225 e. The molecule has 5 heteroatoms. The molecule has 0 aromatic carbocycles. The molecular formula is C16H26N4O. The summed E-state index contributed by atoms with van der Waals surface area (Å²) in [6, 6.07) is 1.98. The average Bonchev–Trinajstić information content (AvgIpc) is 2.35. The van der Waals surface area contributed by atoms with Gasteiger partial charge in [0.2, 0.25) is 11.9 Å². The number of carbonyl (C=O) groups is 1. The number of aryl methyl sites for hydroxylation is 2. The molecule has 2 rings (SSSR count). The molecular weight excluding hydrogens is 264 g/mol. The topological polar surface area (TPSA) is 58.1 Å². The number of amides is 1. The summed E-state index contributed by atoms with van der Waals surface area (Å²) in [7, 11) is 0. The first kappa shape index (κ1) is 15.7. The molecule has 1 amide bonds. The summed E-state index contributed by atoms with van der Waals surface area (Å²) in [4.78, 5) is 23.4. The van der Waals surface area contributed by atoms with E-state index in [1.165, 1.54) is 0 Å². The van der Waals surface area contributed by atoms with Crippen LogP contribution < -0.4 is 10.2 Å². The number of aromatic nitrogens is 2. The van der Waals surface area contributed by atoms with E-state index in [2.05, 4.69) is 20.2 Å². The molecule has 0 unspecified atom stereocenters. The lowest BCUT2D eigenvalue weighted by molar-refractivity contribution is -0.127. The van der Waals surface area contributed by atoms with Gasteiger partial charge in [0.1, 0.15) is 0 Å². The fraction of sp³-hybridized carbons (Fsp3) is 0.688. The number of hydrogen-bond donors (Lipinski definition) is 1. The van der Waals surface area contributed by atoms with Crippen LogP contribution in [-0.4, -0.2) is 34.5 Å². The van der Waals surface area contributed by atoms with Crippen molar-refractivity contribution in [3.05, 3.63) is 17.5 Å². The monoisotopic (exact) mass is 290 g/mol. The Morgan fingerprint density at radius 3 is 2.19 bits per heavy atom. The van der Waals surface area contributed by atoms with Gasteiger partial charge in [-0.25, -0.2) is 9.97 Å². The molecule has 0 bridgehead atoms. The van der Waals surface area contributed by atoms with Gasteiger partial charge >= 0.3 is 0 Å². The number of anilines is 1. The number of rotatable bonds is 2. The van der Waals surface area contributed by atoms with Gasteiger partial charge in [-0.1, -0.05) is 0 Å². The van der Waals surface area contributed by atoms with Crippen molar-refractivity contribution in [1.29, 1.82) is 0 Å². The molecule has 21 heavy (non-hydrogen) atoms. The molecule has 1 aromatic heterocycles. The van der Waals surface area contributed by atoms with Gasteiger partial charge in [-0.2, -0.15) is 0 Å². The summed E-state index contributed by atoms with van der Waals surface area (Å²) in [6.07, 6.45) is 1.72. The molecule has 1 saturated heterocycles. The van der Waals surface area contributed by atoms with Crippen LogP contribution in [0.2, 0.25) is 0 Å². The van der Waals surface area contributed by atoms with E-state index in [9.17, 15) is 4.79 Å². The van der Waals surface area contributed by atoms with Crippen LogP contribution in [0.5, 0.6) is 0 Å². The maximum atomic E-state index is 12.2. The zero-order valence-electron chi connectivity index (χ0n) is 13.7. The molecule has 5 nitrogen and oxygen atoms in total. The minimum atomic E-state index is -0.162. The summed E-state index contributed by atoms with van der Waals surface area (Å²) in [6.45, 7) is 11.7. The van der Waals surface area contributed by atoms with E-state index in [1.807, 2.05) is 40.7 Å². The smallest absolute Gasteiger partial charge is 0.225 e. The van der Waals surface area contributed by atoms with Gasteiger partial charge in [-0.05, 0) is 53.5 Å². The third-order valence-corrected chi connectivity index (χ3v) is 3.62. The lowest BCUT2D eigenvalue weighted by Gasteiger charge is -2.33. The molecule has 2 heterocycles. The van der Waals surface area contributed by atoms with Crippen molar-refractivity contribution < 1.29 is 4.79 Å². The third kappa shape index (κ3) is 4.41. The van der Waals surface area contributed by atoms with E-state index in [0.717, 1.165) is 43.3 Å². The second kappa shape index (κ2) is 6.00. The fourth-order valence-corrected chi connectivity index (χ4v) is 2.66. The van der Waals surface area contributed by atoms with Gasteiger partial charge in [0.15, 0.2) is 0 Å². The van der Waals surface area contributed by atoms with E-state index in [0.29, 0.717) is 0 Å². The van der Waals surface area contributed by atoms with Crippen molar-refractivity contribution in [2.75, 3.05) is 18.0 Å². The second-order valence-corrected chi connectivity index (χ2v) is 6.95. The van der Waals surface area contributed by atoms with Crippen molar-refractivity contribution in [3.8, 4) is 0 Å². The molecule has 1 aliphatic heterocycles. The first-order chi connectivity index (χ1) is 9.74. The van der Waals surface area contributed by atoms with Crippen LogP contribution in [0.4, 0.5) is 5.95 Å². The third-order valence-electron chi connectivity index (χ3n) is 3.62. The van der Waals surface area contributed by atoms with Crippen LogP contribution in [0.25, 0.3) is 0 Å².